The Morgan fingerprint density at radius 3 is 2.40 bits per heavy atom. The number of amides is 1. The van der Waals surface area contributed by atoms with Crippen LogP contribution in [0.4, 0.5) is 14.5 Å². The quantitative estimate of drug-likeness (QED) is 0.827. The fourth-order valence-corrected chi connectivity index (χ4v) is 1.77. The predicted octanol–water partition coefficient (Wildman–Crippen LogP) is 4.38. The largest absolute Gasteiger partial charge is 0.323 e. The van der Waals surface area contributed by atoms with E-state index in [1.165, 1.54) is 18.2 Å². The maximum Gasteiger partial charge on any atom is 0.248 e. The second-order valence-electron chi connectivity index (χ2n) is 4.00. The van der Waals surface area contributed by atoms with Gasteiger partial charge in [0.05, 0.1) is 0 Å². The van der Waals surface area contributed by atoms with Crippen LogP contribution in [0.2, 0.25) is 0 Å². The van der Waals surface area contributed by atoms with Crippen LogP contribution in [0.5, 0.6) is 0 Å². The Morgan fingerprint density at radius 1 is 1.05 bits per heavy atom. The van der Waals surface area contributed by atoms with E-state index < -0.39 is 11.6 Å². The van der Waals surface area contributed by atoms with E-state index in [4.69, 9.17) is 0 Å². The third-order valence-electron chi connectivity index (χ3n) is 2.48. The number of halogens is 3. The minimum absolute atomic E-state index is 0.350. The molecule has 1 amide bonds. The second-order valence-corrected chi connectivity index (χ2v) is 4.92. The third-order valence-corrected chi connectivity index (χ3v) is 3.01. The van der Waals surface area contributed by atoms with Crippen LogP contribution >= 0.6 is 15.9 Å². The Morgan fingerprint density at radius 2 is 1.75 bits per heavy atom. The van der Waals surface area contributed by atoms with Crippen LogP contribution in [0.25, 0.3) is 6.08 Å². The molecule has 0 aliphatic heterocycles. The van der Waals surface area contributed by atoms with Crippen LogP contribution in [0.15, 0.2) is 53.0 Å². The Bertz CT molecular complexity index is 653. The zero-order valence-electron chi connectivity index (χ0n) is 10.2. The molecule has 2 rings (SSSR count). The molecule has 0 unspecified atom stereocenters. The summed E-state index contributed by atoms with van der Waals surface area (Å²) in [4.78, 5) is 11.6. The molecule has 0 spiro atoms. The van der Waals surface area contributed by atoms with Crippen molar-refractivity contribution in [2.75, 3.05) is 5.32 Å². The van der Waals surface area contributed by atoms with Gasteiger partial charge < -0.3 is 5.32 Å². The maximum absolute atomic E-state index is 13.0. The van der Waals surface area contributed by atoms with Crippen LogP contribution in [-0.4, -0.2) is 5.91 Å². The fourth-order valence-electron chi connectivity index (χ4n) is 1.51. The van der Waals surface area contributed by atoms with Gasteiger partial charge in [-0.3, -0.25) is 4.79 Å². The summed E-state index contributed by atoms with van der Waals surface area (Å²) < 4.78 is 26.6. The smallest absolute Gasteiger partial charge is 0.248 e. The minimum atomic E-state index is -0.944. The first-order valence-corrected chi connectivity index (χ1v) is 6.53. The molecule has 0 saturated carbocycles. The molecule has 0 atom stereocenters. The molecule has 0 aliphatic carbocycles. The van der Waals surface area contributed by atoms with Gasteiger partial charge in [0, 0.05) is 16.2 Å². The van der Waals surface area contributed by atoms with Crippen LogP contribution < -0.4 is 5.32 Å². The lowest BCUT2D eigenvalue weighted by Gasteiger charge is -2.01. The molecule has 1 N–H and O–H groups in total. The summed E-state index contributed by atoms with van der Waals surface area (Å²) in [5.74, 6) is -2.21. The molecule has 0 radical (unpaired) electrons. The Labute approximate surface area is 123 Å². The number of rotatable bonds is 3. The highest BCUT2D eigenvalue weighted by atomic mass is 79.9. The lowest BCUT2D eigenvalue weighted by molar-refractivity contribution is -0.111. The molecule has 0 aromatic heterocycles. The molecule has 2 aromatic rings. The monoisotopic (exact) mass is 337 g/mol. The number of carbonyl (C=O) groups excluding carboxylic acids is 1. The van der Waals surface area contributed by atoms with Crippen molar-refractivity contribution in [2.24, 2.45) is 0 Å². The van der Waals surface area contributed by atoms with Crippen molar-refractivity contribution in [3.05, 3.63) is 70.2 Å². The molecule has 2 nitrogen and oxygen atoms in total. The lowest BCUT2D eigenvalue weighted by atomic mass is 10.2. The predicted molar refractivity (Wildman–Crippen MR) is 78.2 cm³/mol. The van der Waals surface area contributed by atoms with E-state index >= 15 is 0 Å². The van der Waals surface area contributed by atoms with Crippen molar-refractivity contribution in [1.29, 1.82) is 0 Å². The van der Waals surface area contributed by atoms with Crippen molar-refractivity contribution in [2.45, 2.75) is 0 Å². The zero-order chi connectivity index (χ0) is 14.5. The Balaban J connectivity index is 2.01. The van der Waals surface area contributed by atoms with Gasteiger partial charge in [0.2, 0.25) is 5.91 Å². The van der Waals surface area contributed by atoms with Gasteiger partial charge in [0.15, 0.2) is 11.6 Å². The number of nitrogens with one attached hydrogen (secondary N) is 1. The number of carbonyl (C=O) groups is 1. The summed E-state index contributed by atoms with van der Waals surface area (Å²) in [5.41, 5.74) is 1.06. The SMILES string of the molecule is O=C(C=Cc1ccc(F)c(F)c1)Nc1ccc(Br)cc1. The second kappa shape index (κ2) is 6.43. The molecule has 0 bridgehead atoms. The highest BCUT2D eigenvalue weighted by Crippen LogP contribution is 2.14. The molecule has 0 aliphatic rings. The van der Waals surface area contributed by atoms with Gasteiger partial charge in [-0.15, -0.1) is 0 Å². The first-order chi connectivity index (χ1) is 9.54. The van der Waals surface area contributed by atoms with Gasteiger partial charge in [-0.2, -0.15) is 0 Å². The Hall–Kier alpha value is -2.01. The maximum atomic E-state index is 13.0. The van der Waals surface area contributed by atoms with E-state index in [0.717, 1.165) is 16.6 Å². The zero-order valence-corrected chi connectivity index (χ0v) is 11.8. The molecular formula is C15H10BrF2NO. The average Bonchev–Trinajstić information content (AvgIpc) is 2.43. The van der Waals surface area contributed by atoms with E-state index in [-0.39, 0.29) is 5.91 Å². The van der Waals surface area contributed by atoms with Crippen molar-refractivity contribution >= 4 is 33.6 Å². The van der Waals surface area contributed by atoms with E-state index in [1.807, 2.05) is 0 Å². The molecule has 2 aromatic carbocycles. The number of hydrogen-bond acceptors (Lipinski definition) is 1. The first kappa shape index (κ1) is 14.4. The number of hydrogen-bond donors (Lipinski definition) is 1. The molecule has 0 saturated heterocycles. The summed E-state index contributed by atoms with van der Waals surface area (Å²) in [5, 5.41) is 2.65. The van der Waals surface area contributed by atoms with Crippen molar-refractivity contribution in [3.8, 4) is 0 Å². The van der Waals surface area contributed by atoms with Gasteiger partial charge in [0.25, 0.3) is 0 Å². The standard InChI is InChI=1S/C15H10BrF2NO/c16-11-3-5-12(6-4-11)19-15(20)8-2-10-1-7-13(17)14(18)9-10/h1-9H,(H,19,20). The van der Waals surface area contributed by atoms with E-state index in [0.29, 0.717) is 11.3 Å². The van der Waals surface area contributed by atoms with E-state index in [2.05, 4.69) is 21.2 Å². The normalized spacial score (nSPS) is 10.8. The summed E-state index contributed by atoms with van der Waals surface area (Å²) in [7, 11) is 0. The van der Waals surface area contributed by atoms with Gasteiger partial charge in [0.1, 0.15) is 0 Å². The van der Waals surface area contributed by atoms with Crippen LogP contribution in [-0.2, 0) is 4.79 Å². The highest BCUT2D eigenvalue weighted by Gasteiger charge is 2.01. The molecule has 0 heterocycles. The summed E-state index contributed by atoms with van der Waals surface area (Å²) in [6.45, 7) is 0. The molecule has 20 heavy (non-hydrogen) atoms. The first-order valence-electron chi connectivity index (χ1n) is 5.74. The fraction of sp³-hybridized carbons (Fsp3) is 0. The number of benzene rings is 2. The van der Waals surface area contributed by atoms with Crippen LogP contribution in [0, 0.1) is 11.6 Å². The Kier molecular flexibility index (Phi) is 4.63. The van der Waals surface area contributed by atoms with Crippen molar-refractivity contribution in [3.63, 3.8) is 0 Å². The van der Waals surface area contributed by atoms with Gasteiger partial charge in [-0.05, 0) is 48.0 Å². The van der Waals surface area contributed by atoms with Crippen molar-refractivity contribution < 1.29 is 13.6 Å². The summed E-state index contributed by atoms with van der Waals surface area (Å²) >= 11 is 3.29. The summed E-state index contributed by atoms with van der Waals surface area (Å²) in [6, 6.07) is 10.5. The molecular weight excluding hydrogens is 328 g/mol. The molecule has 0 fully saturated rings. The van der Waals surface area contributed by atoms with Crippen LogP contribution in [0.1, 0.15) is 5.56 Å². The van der Waals surface area contributed by atoms with E-state index in [1.54, 1.807) is 24.3 Å². The van der Waals surface area contributed by atoms with Crippen molar-refractivity contribution in [1.82, 2.24) is 0 Å². The minimum Gasteiger partial charge on any atom is -0.323 e. The third kappa shape index (κ3) is 3.99. The molecule has 102 valence electrons. The highest BCUT2D eigenvalue weighted by molar-refractivity contribution is 9.10. The average molecular weight is 338 g/mol. The summed E-state index contributed by atoms with van der Waals surface area (Å²) in [6.07, 6.45) is 2.67. The topological polar surface area (TPSA) is 29.1 Å². The van der Waals surface area contributed by atoms with E-state index in [9.17, 15) is 13.6 Å². The van der Waals surface area contributed by atoms with Gasteiger partial charge in [-0.1, -0.05) is 22.0 Å². The van der Waals surface area contributed by atoms with Crippen LogP contribution in [0.3, 0.4) is 0 Å². The number of anilines is 1. The lowest BCUT2D eigenvalue weighted by Crippen LogP contribution is -2.07. The molecule has 5 heteroatoms. The van der Waals surface area contributed by atoms with Gasteiger partial charge in [-0.25, -0.2) is 8.78 Å². The van der Waals surface area contributed by atoms with Gasteiger partial charge >= 0.3 is 0 Å².